The summed E-state index contributed by atoms with van der Waals surface area (Å²) in [7, 11) is -2.16. The molecule has 0 saturated carbocycles. The number of benzene rings is 3. The third kappa shape index (κ3) is 10.0. The highest BCUT2D eigenvalue weighted by atomic mass is 28.4. The summed E-state index contributed by atoms with van der Waals surface area (Å²) in [5, 5.41) is 19.6. The van der Waals surface area contributed by atoms with Gasteiger partial charge in [0, 0.05) is 18.6 Å². The summed E-state index contributed by atoms with van der Waals surface area (Å²) in [6.45, 7) is 20.6. The average Bonchev–Trinajstić information content (AvgIpc) is 2.92. The molecule has 1 atom stereocenters. The Morgan fingerprint density at radius 2 is 1.64 bits per heavy atom. The van der Waals surface area contributed by atoms with Gasteiger partial charge in [0.1, 0.15) is 5.75 Å². The van der Waals surface area contributed by atoms with Crippen LogP contribution in [0.1, 0.15) is 74.1 Å². The molecule has 3 rings (SSSR count). The van der Waals surface area contributed by atoms with E-state index >= 15 is 0 Å². The first-order chi connectivity index (χ1) is 20.5. The molecule has 7 nitrogen and oxygen atoms in total. The molecule has 3 aromatic rings. The highest BCUT2D eigenvalue weighted by Crippen LogP contribution is 2.40. The SMILES string of the molecule is Cc1ccc(CNC(=O)Cc2cccc(CC(C)(C)NC[C@H](O[Si](C)(C)C(C)(C)C)c3ccc(O)c(NC=O)c3)c2)cc1C. The van der Waals surface area contributed by atoms with E-state index in [9.17, 15) is 14.7 Å². The lowest BCUT2D eigenvalue weighted by Crippen LogP contribution is -2.47. The van der Waals surface area contributed by atoms with E-state index in [2.05, 4.69) is 108 Å². The Bertz CT molecular complexity index is 1450. The number of amides is 2. The summed E-state index contributed by atoms with van der Waals surface area (Å²) in [6, 6.07) is 19.7. The van der Waals surface area contributed by atoms with Crippen molar-refractivity contribution in [1.82, 2.24) is 10.6 Å². The number of carbonyl (C=O) groups excluding carboxylic acids is 2. The fourth-order valence-corrected chi connectivity index (χ4v) is 6.13. The van der Waals surface area contributed by atoms with E-state index in [4.69, 9.17) is 4.43 Å². The van der Waals surface area contributed by atoms with Crippen molar-refractivity contribution >= 4 is 26.3 Å². The molecule has 0 aliphatic heterocycles. The minimum Gasteiger partial charge on any atom is -0.506 e. The first kappa shape index (κ1) is 35.0. The molecule has 0 aromatic heterocycles. The fourth-order valence-electron chi connectivity index (χ4n) is 4.85. The van der Waals surface area contributed by atoms with Crippen LogP contribution in [-0.2, 0) is 33.4 Å². The van der Waals surface area contributed by atoms with Gasteiger partial charge in [-0.3, -0.25) is 9.59 Å². The van der Waals surface area contributed by atoms with Crippen molar-refractivity contribution in [2.75, 3.05) is 11.9 Å². The number of aromatic hydroxyl groups is 1. The molecule has 0 aliphatic rings. The molecule has 0 bridgehead atoms. The van der Waals surface area contributed by atoms with Gasteiger partial charge in [-0.15, -0.1) is 0 Å². The van der Waals surface area contributed by atoms with Crippen LogP contribution < -0.4 is 16.0 Å². The highest BCUT2D eigenvalue weighted by molar-refractivity contribution is 6.74. The summed E-state index contributed by atoms with van der Waals surface area (Å²) in [5.74, 6) is 0.0137. The Kier molecular flexibility index (Phi) is 11.6. The second kappa shape index (κ2) is 14.5. The highest BCUT2D eigenvalue weighted by Gasteiger charge is 2.40. The lowest BCUT2D eigenvalue weighted by Gasteiger charge is -2.40. The number of hydrogen-bond donors (Lipinski definition) is 4. The Morgan fingerprint density at radius 3 is 2.30 bits per heavy atom. The monoisotopic (exact) mass is 617 g/mol. The number of aryl methyl sites for hydroxylation is 2. The van der Waals surface area contributed by atoms with Gasteiger partial charge in [0.2, 0.25) is 12.3 Å². The van der Waals surface area contributed by atoms with Crippen LogP contribution in [0.15, 0.2) is 60.7 Å². The molecule has 0 spiro atoms. The standard InChI is InChI=1S/C36H51N3O4Si/c1-25-13-14-29(17-26(25)2)22-37-34(42)19-27-11-10-12-28(18-27)21-36(6,7)39-23-33(43-44(8,9)35(3,4)5)30-15-16-32(41)31(20-30)38-24-40/h10-18,20,24,33,39,41H,19,21-23H2,1-9H3,(H,37,42)(H,38,40)/t33-/m0/s1. The van der Waals surface area contributed by atoms with Gasteiger partial charge >= 0.3 is 0 Å². The van der Waals surface area contributed by atoms with Gasteiger partial charge in [0.15, 0.2) is 8.32 Å². The van der Waals surface area contributed by atoms with Crippen molar-refractivity contribution in [1.29, 1.82) is 0 Å². The normalized spacial score (nSPS) is 12.9. The summed E-state index contributed by atoms with van der Waals surface area (Å²) in [5.41, 5.74) is 6.66. The number of hydrogen-bond acceptors (Lipinski definition) is 5. The lowest BCUT2D eigenvalue weighted by atomic mass is 9.93. The Balaban J connectivity index is 1.69. The van der Waals surface area contributed by atoms with Gasteiger partial charge in [-0.1, -0.05) is 69.3 Å². The maximum atomic E-state index is 12.7. The predicted octanol–water partition coefficient (Wildman–Crippen LogP) is 7.11. The van der Waals surface area contributed by atoms with Gasteiger partial charge < -0.3 is 25.5 Å². The number of phenolic OH excluding ortho intramolecular Hbond substituents is 1. The van der Waals surface area contributed by atoms with Crippen molar-refractivity contribution < 1.29 is 19.1 Å². The zero-order chi connectivity index (χ0) is 32.7. The Hall–Kier alpha value is -3.46. The van der Waals surface area contributed by atoms with Crippen LogP contribution in [0.2, 0.25) is 18.1 Å². The Morgan fingerprint density at radius 1 is 0.932 bits per heavy atom. The van der Waals surface area contributed by atoms with Crippen molar-refractivity contribution in [3.63, 3.8) is 0 Å². The number of carbonyl (C=O) groups is 2. The van der Waals surface area contributed by atoms with E-state index in [0.717, 1.165) is 28.7 Å². The molecule has 8 heteroatoms. The molecule has 2 amide bonds. The zero-order valence-electron chi connectivity index (χ0n) is 27.9. The minimum atomic E-state index is -2.16. The van der Waals surface area contributed by atoms with Gasteiger partial charge in [-0.25, -0.2) is 0 Å². The molecule has 0 unspecified atom stereocenters. The summed E-state index contributed by atoms with van der Waals surface area (Å²) in [6.07, 6.45) is 1.36. The molecule has 0 fully saturated rings. The summed E-state index contributed by atoms with van der Waals surface area (Å²) in [4.78, 5) is 23.9. The summed E-state index contributed by atoms with van der Waals surface area (Å²) >= 11 is 0. The van der Waals surface area contributed by atoms with E-state index in [1.807, 2.05) is 18.2 Å². The second-order valence-electron chi connectivity index (χ2n) is 14.0. The summed E-state index contributed by atoms with van der Waals surface area (Å²) < 4.78 is 6.87. The van der Waals surface area contributed by atoms with Crippen molar-refractivity contribution in [2.45, 2.75) is 97.6 Å². The number of anilines is 1. The molecular weight excluding hydrogens is 566 g/mol. The smallest absolute Gasteiger partial charge is 0.224 e. The first-order valence-corrected chi connectivity index (χ1v) is 18.3. The molecule has 3 aromatic carbocycles. The van der Waals surface area contributed by atoms with Crippen LogP contribution in [0.5, 0.6) is 5.75 Å². The predicted molar refractivity (Wildman–Crippen MR) is 183 cm³/mol. The van der Waals surface area contributed by atoms with Gasteiger partial charge in [0.05, 0.1) is 18.2 Å². The lowest BCUT2D eigenvalue weighted by molar-refractivity contribution is -0.120. The maximum Gasteiger partial charge on any atom is 0.224 e. The molecule has 4 N–H and O–H groups in total. The molecule has 0 saturated heterocycles. The average molecular weight is 618 g/mol. The van der Waals surface area contributed by atoms with Crippen molar-refractivity contribution in [3.05, 3.63) is 94.0 Å². The molecular formula is C36H51N3O4Si. The van der Waals surface area contributed by atoms with Gasteiger partial charge in [0.25, 0.3) is 0 Å². The van der Waals surface area contributed by atoms with Crippen LogP contribution in [0.3, 0.4) is 0 Å². The third-order valence-corrected chi connectivity index (χ3v) is 13.2. The van der Waals surface area contributed by atoms with E-state index in [1.165, 1.54) is 11.1 Å². The molecule has 0 aliphatic carbocycles. The largest absolute Gasteiger partial charge is 0.506 e. The number of phenols is 1. The second-order valence-corrected chi connectivity index (χ2v) is 18.8. The van der Waals surface area contributed by atoms with Crippen LogP contribution in [0, 0.1) is 13.8 Å². The maximum absolute atomic E-state index is 12.7. The van der Waals surface area contributed by atoms with Crippen molar-refractivity contribution in [3.8, 4) is 5.75 Å². The molecule has 0 radical (unpaired) electrons. The molecule has 0 heterocycles. The van der Waals surface area contributed by atoms with E-state index in [-0.39, 0.29) is 28.3 Å². The van der Waals surface area contributed by atoms with E-state index in [1.54, 1.807) is 12.1 Å². The van der Waals surface area contributed by atoms with E-state index in [0.29, 0.717) is 31.6 Å². The third-order valence-electron chi connectivity index (χ3n) is 8.68. The van der Waals surface area contributed by atoms with Crippen LogP contribution in [0.25, 0.3) is 0 Å². The number of nitrogens with one attached hydrogen (secondary N) is 3. The number of rotatable bonds is 14. The quantitative estimate of drug-likeness (QED) is 0.0878. The van der Waals surface area contributed by atoms with Crippen molar-refractivity contribution in [2.24, 2.45) is 0 Å². The molecule has 44 heavy (non-hydrogen) atoms. The van der Waals surface area contributed by atoms with E-state index < -0.39 is 8.32 Å². The first-order valence-electron chi connectivity index (χ1n) is 15.4. The van der Waals surface area contributed by atoms with Crippen LogP contribution >= 0.6 is 0 Å². The molecule has 238 valence electrons. The zero-order valence-corrected chi connectivity index (χ0v) is 28.9. The Labute approximate surface area is 264 Å². The topological polar surface area (TPSA) is 99.7 Å². The fraction of sp³-hybridized carbons (Fsp3) is 0.444. The minimum absolute atomic E-state index is 0.000666. The van der Waals surface area contributed by atoms with Crippen LogP contribution in [-0.4, -0.2) is 37.8 Å². The van der Waals surface area contributed by atoms with Crippen LogP contribution in [0.4, 0.5) is 5.69 Å². The van der Waals surface area contributed by atoms with Gasteiger partial charge in [-0.2, -0.15) is 0 Å². The van der Waals surface area contributed by atoms with Gasteiger partial charge in [-0.05, 0) is 97.8 Å².